The molecule has 0 saturated carbocycles. The van der Waals surface area contributed by atoms with Crippen LogP contribution in [0.3, 0.4) is 0 Å². The normalized spacial score (nSPS) is 21.9. The van der Waals surface area contributed by atoms with Gasteiger partial charge in [-0.15, -0.1) is 0 Å². The van der Waals surface area contributed by atoms with Gasteiger partial charge in [0.15, 0.2) is 0 Å². The molecule has 0 amide bonds. The molecule has 3 heterocycles. The van der Waals surface area contributed by atoms with Crippen LogP contribution in [0, 0.1) is 0 Å². The maximum Gasteiger partial charge on any atom is 0.416 e. The molecule has 164 valence electrons. The number of hydrogen-bond donors (Lipinski definition) is 0. The Hall–Kier alpha value is -2.06. The molecule has 0 radical (unpaired) electrons. The van der Waals surface area contributed by atoms with Gasteiger partial charge in [0.2, 0.25) is 0 Å². The number of benzene rings is 1. The molecule has 0 spiro atoms. The van der Waals surface area contributed by atoms with E-state index in [-0.39, 0.29) is 0 Å². The fourth-order valence-electron chi connectivity index (χ4n) is 4.62. The maximum atomic E-state index is 13.0. The third kappa shape index (κ3) is 4.98. The van der Waals surface area contributed by atoms with Crippen LogP contribution in [0.25, 0.3) is 0 Å². The van der Waals surface area contributed by atoms with Crippen molar-refractivity contribution in [3.8, 4) is 0 Å². The average molecular weight is 422 g/mol. The minimum absolute atomic E-state index is 0.517. The molecule has 0 unspecified atom stereocenters. The number of nitrogens with zero attached hydrogens (tertiary/aromatic N) is 5. The Bertz CT molecular complexity index is 826. The molecule has 2 aromatic rings. The Morgan fingerprint density at radius 1 is 1.10 bits per heavy atom. The molecule has 30 heavy (non-hydrogen) atoms. The number of alkyl halides is 3. The van der Waals surface area contributed by atoms with Gasteiger partial charge in [-0.25, -0.2) is 0 Å². The Morgan fingerprint density at radius 2 is 1.90 bits per heavy atom. The predicted molar refractivity (Wildman–Crippen MR) is 111 cm³/mol. The summed E-state index contributed by atoms with van der Waals surface area (Å²) in [5.74, 6) is 0. The summed E-state index contributed by atoms with van der Waals surface area (Å²) in [4.78, 5) is 7.10. The molecule has 0 bridgehead atoms. The highest BCUT2D eigenvalue weighted by molar-refractivity contribution is 5.49. The Balaban J connectivity index is 1.31. The molecule has 2 fully saturated rings. The number of anilines is 1. The second-order valence-corrected chi connectivity index (χ2v) is 8.31. The summed E-state index contributed by atoms with van der Waals surface area (Å²) in [7, 11) is 0. The van der Waals surface area contributed by atoms with Gasteiger partial charge in [0.1, 0.15) is 0 Å². The van der Waals surface area contributed by atoms with Gasteiger partial charge in [-0.1, -0.05) is 6.07 Å². The maximum absolute atomic E-state index is 13.0. The van der Waals surface area contributed by atoms with Gasteiger partial charge >= 0.3 is 6.18 Å². The molecule has 0 N–H and O–H groups in total. The first-order valence-corrected chi connectivity index (χ1v) is 10.8. The van der Waals surface area contributed by atoms with Crippen molar-refractivity contribution >= 4 is 5.69 Å². The van der Waals surface area contributed by atoms with E-state index in [0.717, 1.165) is 58.4 Å². The molecule has 2 saturated heterocycles. The Labute approximate surface area is 176 Å². The Morgan fingerprint density at radius 3 is 2.60 bits per heavy atom. The average Bonchev–Trinajstić information content (AvgIpc) is 3.21. The van der Waals surface area contributed by atoms with Gasteiger partial charge in [0, 0.05) is 69.3 Å². The van der Waals surface area contributed by atoms with E-state index in [1.165, 1.54) is 30.5 Å². The fraction of sp³-hybridized carbons (Fsp3) is 0.591. The summed E-state index contributed by atoms with van der Waals surface area (Å²) in [5, 5.41) is 4.37. The quantitative estimate of drug-likeness (QED) is 0.736. The number of hydrogen-bond acceptors (Lipinski definition) is 4. The topological polar surface area (TPSA) is 27.5 Å². The zero-order valence-corrected chi connectivity index (χ0v) is 17.5. The van der Waals surface area contributed by atoms with Crippen molar-refractivity contribution in [1.29, 1.82) is 0 Å². The first-order valence-electron chi connectivity index (χ1n) is 10.8. The second kappa shape index (κ2) is 8.98. The number of aryl methyl sites for hydroxylation is 1. The van der Waals surface area contributed by atoms with Crippen molar-refractivity contribution in [2.75, 3.05) is 44.2 Å². The van der Waals surface area contributed by atoms with Crippen LogP contribution >= 0.6 is 0 Å². The first-order chi connectivity index (χ1) is 14.4. The van der Waals surface area contributed by atoms with Crippen LogP contribution < -0.4 is 4.90 Å². The van der Waals surface area contributed by atoms with Crippen molar-refractivity contribution in [2.45, 2.75) is 45.1 Å². The predicted octanol–water partition coefficient (Wildman–Crippen LogP) is 3.71. The Kier molecular flexibility index (Phi) is 6.34. The molecule has 1 atom stereocenters. The molecule has 1 aromatic carbocycles. The third-order valence-corrected chi connectivity index (χ3v) is 6.27. The van der Waals surface area contributed by atoms with Gasteiger partial charge in [0.25, 0.3) is 0 Å². The number of halogens is 3. The molecule has 0 aliphatic carbocycles. The monoisotopic (exact) mass is 421 g/mol. The lowest BCUT2D eigenvalue weighted by Gasteiger charge is -2.44. The molecule has 2 aliphatic heterocycles. The van der Waals surface area contributed by atoms with Crippen LogP contribution in [0.1, 0.15) is 30.9 Å². The number of likely N-dealkylation sites (tertiary alicyclic amines) is 1. The highest BCUT2D eigenvalue weighted by atomic mass is 19.4. The number of piperazine rings is 1. The van der Waals surface area contributed by atoms with Crippen molar-refractivity contribution in [3.63, 3.8) is 0 Å². The summed E-state index contributed by atoms with van der Waals surface area (Å²) in [6, 6.07) is 6.21. The third-order valence-electron chi connectivity index (χ3n) is 6.27. The van der Waals surface area contributed by atoms with Crippen LogP contribution in [0.4, 0.5) is 18.9 Å². The second-order valence-electron chi connectivity index (χ2n) is 8.31. The zero-order valence-electron chi connectivity index (χ0n) is 17.5. The van der Waals surface area contributed by atoms with E-state index in [0.29, 0.717) is 11.7 Å². The standard InChI is InChI=1S/C22H30F3N5/c1-2-30-16-18(14-26-30)15-27-8-4-7-21(17-27)29-11-9-28(10-12-29)20-6-3-5-19(13-20)22(23,24)25/h3,5-6,13-14,16,21H,2,4,7-12,15,17H2,1H3/t21-/m1/s1. The highest BCUT2D eigenvalue weighted by Gasteiger charge is 2.32. The van der Waals surface area contributed by atoms with Crippen molar-refractivity contribution in [3.05, 3.63) is 47.8 Å². The summed E-state index contributed by atoms with van der Waals surface area (Å²) in [6.45, 7) is 9.37. The van der Waals surface area contributed by atoms with E-state index in [2.05, 4.69) is 32.9 Å². The minimum Gasteiger partial charge on any atom is -0.369 e. The van der Waals surface area contributed by atoms with Crippen molar-refractivity contribution in [1.82, 2.24) is 19.6 Å². The summed E-state index contributed by atoms with van der Waals surface area (Å²) in [5.41, 5.74) is 1.35. The van der Waals surface area contributed by atoms with Gasteiger partial charge in [-0.2, -0.15) is 18.3 Å². The molecule has 8 heteroatoms. The van der Waals surface area contributed by atoms with E-state index in [1.54, 1.807) is 6.07 Å². The van der Waals surface area contributed by atoms with Crippen LogP contribution in [0.2, 0.25) is 0 Å². The van der Waals surface area contributed by atoms with E-state index < -0.39 is 11.7 Å². The SMILES string of the molecule is CCn1cc(CN2CCC[C@@H](N3CCN(c4cccc(C(F)(F)F)c4)CC3)C2)cn1. The van der Waals surface area contributed by atoms with E-state index >= 15 is 0 Å². The van der Waals surface area contributed by atoms with E-state index in [9.17, 15) is 13.2 Å². The lowest BCUT2D eigenvalue weighted by Crippen LogP contribution is -2.55. The van der Waals surface area contributed by atoms with Crippen LogP contribution in [-0.2, 0) is 19.3 Å². The summed E-state index contributed by atoms with van der Waals surface area (Å²) < 4.78 is 41.0. The smallest absolute Gasteiger partial charge is 0.369 e. The summed E-state index contributed by atoms with van der Waals surface area (Å²) in [6.07, 6.45) is 2.16. The minimum atomic E-state index is -4.29. The van der Waals surface area contributed by atoms with E-state index in [1.807, 2.05) is 10.9 Å². The van der Waals surface area contributed by atoms with Gasteiger partial charge < -0.3 is 4.90 Å². The van der Waals surface area contributed by atoms with E-state index in [4.69, 9.17) is 0 Å². The molecule has 1 aromatic heterocycles. The number of aromatic nitrogens is 2. The largest absolute Gasteiger partial charge is 0.416 e. The highest BCUT2D eigenvalue weighted by Crippen LogP contribution is 2.32. The van der Waals surface area contributed by atoms with Crippen molar-refractivity contribution < 1.29 is 13.2 Å². The molecule has 4 rings (SSSR count). The van der Waals surface area contributed by atoms with Crippen LogP contribution in [0.5, 0.6) is 0 Å². The summed E-state index contributed by atoms with van der Waals surface area (Å²) >= 11 is 0. The lowest BCUT2D eigenvalue weighted by atomic mass is 10.0. The van der Waals surface area contributed by atoms with Crippen LogP contribution in [0.15, 0.2) is 36.7 Å². The fourth-order valence-corrected chi connectivity index (χ4v) is 4.62. The van der Waals surface area contributed by atoms with Gasteiger partial charge in [-0.3, -0.25) is 14.5 Å². The molecular formula is C22H30F3N5. The van der Waals surface area contributed by atoms with Crippen molar-refractivity contribution in [2.24, 2.45) is 0 Å². The first kappa shape index (κ1) is 21.2. The van der Waals surface area contributed by atoms with Gasteiger partial charge in [0.05, 0.1) is 11.8 Å². The number of rotatable bonds is 5. The number of piperidine rings is 1. The molecule has 2 aliphatic rings. The zero-order chi connectivity index (χ0) is 21.1. The lowest BCUT2D eigenvalue weighted by molar-refractivity contribution is -0.137. The molecular weight excluding hydrogens is 391 g/mol. The van der Waals surface area contributed by atoms with Gasteiger partial charge in [-0.05, 0) is 44.5 Å². The van der Waals surface area contributed by atoms with Crippen LogP contribution in [-0.4, -0.2) is 64.9 Å². The molecule has 5 nitrogen and oxygen atoms in total.